The largest absolute Gasteiger partial charge is 0.370 e. The lowest BCUT2D eigenvalue weighted by Gasteiger charge is -2.26. The van der Waals surface area contributed by atoms with Gasteiger partial charge in [-0.1, -0.05) is 12.8 Å². The molecule has 0 aromatic heterocycles. The van der Waals surface area contributed by atoms with Gasteiger partial charge in [-0.2, -0.15) is 5.10 Å². The number of hydrogen-bond donors (Lipinski definition) is 3. The Morgan fingerprint density at radius 2 is 2.23 bits per heavy atom. The van der Waals surface area contributed by atoms with Crippen molar-refractivity contribution in [1.82, 2.24) is 4.90 Å². The van der Waals surface area contributed by atoms with Crippen LogP contribution in [-0.4, -0.2) is 29.7 Å². The number of likely N-dealkylation sites (tertiary alicyclic amines) is 1. The van der Waals surface area contributed by atoms with Gasteiger partial charge in [0.25, 0.3) is 0 Å². The number of nitrogens with two attached hydrogens (primary N) is 2. The second-order valence-corrected chi connectivity index (χ2v) is 3.29. The van der Waals surface area contributed by atoms with E-state index < -0.39 is 0 Å². The van der Waals surface area contributed by atoms with Gasteiger partial charge in [-0.3, -0.25) is 5.41 Å². The van der Waals surface area contributed by atoms with E-state index in [9.17, 15) is 0 Å². The zero-order chi connectivity index (χ0) is 9.68. The second-order valence-electron chi connectivity index (χ2n) is 3.29. The first-order chi connectivity index (χ1) is 6.25. The zero-order valence-electron chi connectivity index (χ0n) is 7.74. The topological polar surface area (TPSA) is 91.5 Å². The van der Waals surface area contributed by atoms with Gasteiger partial charge in [0, 0.05) is 12.8 Å². The van der Waals surface area contributed by atoms with Gasteiger partial charge >= 0.3 is 0 Å². The summed E-state index contributed by atoms with van der Waals surface area (Å²) in [4.78, 5) is 1.85. The lowest BCUT2D eigenvalue weighted by Crippen LogP contribution is -2.44. The molecule has 0 radical (unpaired) electrons. The van der Waals surface area contributed by atoms with Crippen molar-refractivity contribution in [3.05, 3.63) is 0 Å². The molecule has 1 heterocycles. The van der Waals surface area contributed by atoms with Crippen molar-refractivity contribution < 1.29 is 0 Å². The fourth-order valence-corrected chi connectivity index (χ4v) is 1.69. The van der Waals surface area contributed by atoms with E-state index in [1.54, 1.807) is 6.21 Å². The fourth-order valence-electron chi connectivity index (χ4n) is 1.69. The maximum atomic E-state index is 7.40. The first kappa shape index (κ1) is 9.83. The Morgan fingerprint density at radius 1 is 1.46 bits per heavy atom. The molecule has 0 saturated carbocycles. The number of hydrazone groups is 1. The molecular formula is C8H17N5. The van der Waals surface area contributed by atoms with Crippen LogP contribution in [0.2, 0.25) is 0 Å². The molecule has 1 atom stereocenters. The van der Waals surface area contributed by atoms with Crippen molar-refractivity contribution in [1.29, 1.82) is 5.41 Å². The fraction of sp³-hybridized carbons (Fsp3) is 0.750. The Morgan fingerprint density at radius 3 is 2.85 bits per heavy atom. The third-order valence-corrected chi connectivity index (χ3v) is 2.37. The quantitative estimate of drug-likeness (QED) is 0.232. The zero-order valence-corrected chi connectivity index (χ0v) is 7.74. The minimum atomic E-state index is 0.116. The highest BCUT2D eigenvalue weighted by atomic mass is 15.3. The van der Waals surface area contributed by atoms with Crippen molar-refractivity contribution in [2.24, 2.45) is 16.7 Å². The van der Waals surface area contributed by atoms with E-state index in [1.165, 1.54) is 6.42 Å². The van der Waals surface area contributed by atoms with Crippen LogP contribution < -0.4 is 11.6 Å². The summed E-state index contributed by atoms with van der Waals surface area (Å²) < 4.78 is 0. The van der Waals surface area contributed by atoms with Crippen molar-refractivity contribution in [2.75, 3.05) is 6.54 Å². The number of nitrogens with zero attached hydrogens (tertiary/aromatic N) is 2. The first-order valence-electron chi connectivity index (χ1n) is 4.59. The van der Waals surface area contributed by atoms with Gasteiger partial charge in [0.05, 0.1) is 6.04 Å². The van der Waals surface area contributed by atoms with Gasteiger partial charge < -0.3 is 16.5 Å². The predicted octanol–water partition coefficient (Wildman–Crippen LogP) is 0.0690. The summed E-state index contributed by atoms with van der Waals surface area (Å²) in [7, 11) is 0. The molecule has 13 heavy (non-hydrogen) atoms. The molecule has 1 saturated heterocycles. The normalized spacial score (nSPS) is 24.6. The number of rotatable bonds is 1. The maximum absolute atomic E-state index is 7.40. The summed E-state index contributed by atoms with van der Waals surface area (Å²) in [5.41, 5.74) is 5.46. The Kier molecular flexibility index (Phi) is 3.54. The summed E-state index contributed by atoms with van der Waals surface area (Å²) in [6, 6.07) is 0.116. The molecule has 0 aromatic rings. The van der Waals surface area contributed by atoms with E-state index in [4.69, 9.17) is 17.0 Å². The van der Waals surface area contributed by atoms with Crippen molar-refractivity contribution >= 4 is 12.2 Å². The lowest BCUT2D eigenvalue weighted by atomic mass is 10.1. The molecule has 5 nitrogen and oxygen atoms in total. The van der Waals surface area contributed by atoms with Crippen LogP contribution in [0.15, 0.2) is 5.10 Å². The third-order valence-electron chi connectivity index (χ3n) is 2.37. The highest BCUT2D eigenvalue weighted by molar-refractivity contribution is 5.79. The van der Waals surface area contributed by atoms with E-state index in [2.05, 4.69) is 5.10 Å². The maximum Gasteiger partial charge on any atom is 0.188 e. The molecule has 0 spiro atoms. The number of guanidine groups is 1. The van der Waals surface area contributed by atoms with E-state index in [-0.39, 0.29) is 12.0 Å². The van der Waals surface area contributed by atoms with E-state index >= 15 is 0 Å². The van der Waals surface area contributed by atoms with Crippen LogP contribution >= 0.6 is 0 Å². The molecule has 1 rings (SSSR count). The van der Waals surface area contributed by atoms with Crippen LogP contribution in [0.4, 0.5) is 0 Å². The van der Waals surface area contributed by atoms with Crippen LogP contribution in [0.25, 0.3) is 0 Å². The monoisotopic (exact) mass is 183 g/mol. The molecule has 1 unspecified atom stereocenters. The van der Waals surface area contributed by atoms with Crippen LogP contribution in [0.5, 0.6) is 0 Å². The average Bonchev–Trinajstić information content (AvgIpc) is 2.30. The Balaban J connectivity index is 2.66. The minimum absolute atomic E-state index is 0.116. The van der Waals surface area contributed by atoms with Gasteiger partial charge in [-0.15, -0.1) is 0 Å². The molecule has 0 aliphatic carbocycles. The van der Waals surface area contributed by atoms with Crippen LogP contribution in [0.1, 0.15) is 25.7 Å². The van der Waals surface area contributed by atoms with Gasteiger partial charge in [-0.25, -0.2) is 0 Å². The third kappa shape index (κ3) is 2.61. The van der Waals surface area contributed by atoms with E-state index in [0.29, 0.717) is 0 Å². The summed E-state index contributed by atoms with van der Waals surface area (Å²) in [5.74, 6) is 5.22. The molecule has 5 N–H and O–H groups in total. The first-order valence-corrected chi connectivity index (χ1v) is 4.59. The van der Waals surface area contributed by atoms with Gasteiger partial charge in [-0.05, 0) is 12.8 Å². The van der Waals surface area contributed by atoms with Gasteiger partial charge in [0.1, 0.15) is 0 Å². The van der Waals surface area contributed by atoms with Crippen molar-refractivity contribution in [3.8, 4) is 0 Å². The van der Waals surface area contributed by atoms with E-state index in [0.717, 1.165) is 25.8 Å². The second kappa shape index (κ2) is 4.69. The Labute approximate surface area is 78.3 Å². The summed E-state index contributed by atoms with van der Waals surface area (Å²) in [5, 5.41) is 10.9. The summed E-state index contributed by atoms with van der Waals surface area (Å²) >= 11 is 0. The Bertz CT molecular complexity index is 201. The highest BCUT2D eigenvalue weighted by Crippen LogP contribution is 2.14. The smallest absolute Gasteiger partial charge is 0.188 e. The molecule has 1 aliphatic heterocycles. The SMILES string of the molecule is N=C(N)N1CCCCCC1C=NN. The number of nitrogens with one attached hydrogen (secondary N) is 1. The molecule has 0 amide bonds. The summed E-state index contributed by atoms with van der Waals surface area (Å²) in [6.07, 6.45) is 6.10. The highest BCUT2D eigenvalue weighted by Gasteiger charge is 2.19. The molecule has 0 bridgehead atoms. The molecule has 1 fully saturated rings. The van der Waals surface area contributed by atoms with Crippen LogP contribution in [0.3, 0.4) is 0 Å². The standard InChI is InChI=1S/C8H17N5/c9-8(10)13-5-3-1-2-4-7(13)6-12-11/h6-7H,1-5,11H2,(H3,9,10). The predicted molar refractivity (Wildman–Crippen MR) is 53.6 cm³/mol. The van der Waals surface area contributed by atoms with Crippen LogP contribution in [-0.2, 0) is 0 Å². The molecule has 1 aliphatic rings. The molecule has 0 aromatic carbocycles. The van der Waals surface area contributed by atoms with E-state index in [1.807, 2.05) is 4.90 Å². The molecular weight excluding hydrogens is 166 g/mol. The summed E-state index contributed by atoms with van der Waals surface area (Å²) in [6.45, 7) is 0.839. The lowest BCUT2D eigenvalue weighted by molar-refractivity contribution is 0.381. The van der Waals surface area contributed by atoms with Gasteiger partial charge in [0.15, 0.2) is 5.96 Å². The van der Waals surface area contributed by atoms with Crippen LogP contribution in [0, 0.1) is 5.41 Å². The molecule has 74 valence electrons. The minimum Gasteiger partial charge on any atom is -0.370 e. The number of hydrogen-bond acceptors (Lipinski definition) is 3. The Hall–Kier alpha value is -1.26. The van der Waals surface area contributed by atoms with Crippen molar-refractivity contribution in [2.45, 2.75) is 31.7 Å². The van der Waals surface area contributed by atoms with Crippen molar-refractivity contribution in [3.63, 3.8) is 0 Å². The average molecular weight is 183 g/mol. The van der Waals surface area contributed by atoms with Gasteiger partial charge in [0.2, 0.25) is 0 Å². The molecule has 5 heteroatoms.